The maximum absolute atomic E-state index is 12.3. The third-order valence-corrected chi connectivity index (χ3v) is 0.967. The van der Waals surface area contributed by atoms with E-state index < -0.39 is 24.0 Å². The van der Waals surface area contributed by atoms with Crippen LogP contribution in [0.25, 0.3) is 0 Å². The fourth-order valence-electron chi connectivity index (χ4n) is 0.365. The number of ether oxygens (including phenoxy) is 1. The van der Waals surface area contributed by atoms with Gasteiger partial charge in [-0.1, -0.05) is 0 Å². The summed E-state index contributed by atoms with van der Waals surface area (Å²) in [5, 5.41) is 6.18. The van der Waals surface area contributed by atoms with Crippen LogP contribution in [-0.2, 0) is 9.53 Å². The van der Waals surface area contributed by atoms with Gasteiger partial charge in [-0.2, -0.15) is 13.2 Å². The van der Waals surface area contributed by atoms with Gasteiger partial charge in [0.2, 0.25) is 6.17 Å². The molecule has 1 unspecified atom stereocenters. The quantitative estimate of drug-likeness (QED) is 0.399. The summed E-state index contributed by atoms with van der Waals surface area (Å²) in [6, 6.07) is 0. The average molecular weight is 187 g/mol. The summed E-state index contributed by atoms with van der Waals surface area (Å²) >= 11 is 0. The van der Waals surface area contributed by atoms with E-state index in [1.54, 1.807) is 0 Å². The van der Waals surface area contributed by atoms with E-state index in [-0.39, 0.29) is 0 Å². The van der Waals surface area contributed by atoms with Crippen molar-refractivity contribution in [2.45, 2.75) is 12.3 Å². The Morgan fingerprint density at radius 2 is 1.92 bits per heavy atom. The smallest absolute Gasteiger partial charge is 0.432 e. The lowest BCUT2D eigenvalue weighted by Crippen LogP contribution is -2.36. The van der Waals surface area contributed by atoms with E-state index in [0.717, 1.165) is 7.11 Å². The molecule has 0 radical (unpaired) electrons. The Bertz CT molecular complexity index is 200. The third-order valence-electron chi connectivity index (χ3n) is 0.967. The van der Waals surface area contributed by atoms with Gasteiger partial charge in [0.05, 0.1) is 7.11 Å². The Balaban J connectivity index is 4.41. The lowest BCUT2D eigenvalue weighted by atomic mass is 10.2. The topological polar surface area (TPSA) is 50.2 Å². The van der Waals surface area contributed by atoms with E-state index in [1.807, 2.05) is 0 Å². The van der Waals surface area contributed by atoms with Gasteiger partial charge in [0.15, 0.2) is 5.71 Å². The van der Waals surface area contributed by atoms with Crippen LogP contribution in [0.4, 0.5) is 17.6 Å². The van der Waals surface area contributed by atoms with Crippen LogP contribution < -0.4 is 0 Å². The highest BCUT2D eigenvalue weighted by Crippen LogP contribution is 2.20. The lowest BCUT2D eigenvalue weighted by Gasteiger charge is -2.10. The average Bonchev–Trinajstić information content (AvgIpc) is 1.98. The number of hydrogen-bond donors (Lipinski definition) is 1. The maximum atomic E-state index is 12.3. The van der Waals surface area contributed by atoms with Gasteiger partial charge in [-0.25, -0.2) is 9.18 Å². The van der Waals surface area contributed by atoms with Crippen LogP contribution in [0.3, 0.4) is 0 Å². The second-order valence-corrected chi connectivity index (χ2v) is 1.80. The molecule has 0 saturated carbocycles. The summed E-state index contributed by atoms with van der Waals surface area (Å²) in [6.07, 6.45) is -8.19. The van der Waals surface area contributed by atoms with Crippen molar-refractivity contribution in [1.82, 2.24) is 0 Å². The molecule has 1 N–H and O–H groups in total. The van der Waals surface area contributed by atoms with Crippen molar-refractivity contribution in [3.05, 3.63) is 0 Å². The molecule has 0 aromatic carbocycles. The van der Waals surface area contributed by atoms with Crippen molar-refractivity contribution in [3.63, 3.8) is 0 Å². The molecule has 12 heavy (non-hydrogen) atoms. The molecule has 0 heterocycles. The summed E-state index contributed by atoms with van der Waals surface area (Å²) in [5.74, 6) is -1.72. The molecule has 0 amide bonds. The Hall–Kier alpha value is -1.14. The summed E-state index contributed by atoms with van der Waals surface area (Å²) in [6.45, 7) is 0. The first-order valence-corrected chi connectivity index (χ1v) is 2.68. The van der Waals surface area contributed by atoms with Gasteiger partial charge in [-0.05, 0) is 0 Å². The van der Waals surface area contributed by atoms with Crippen molar-refractivity contribution in [2.75, 3.05) is 7.11 Å². The fourth-order valence-corrected chi connectivity index (χ4v) is 0.365. The number of nitrogens with one attached hydrogen (secondary N) is 1. The van der Waals surface area contributed by atoms with E-state index in [9.17, 15) is 22.4 Å². The minimum absolute atomic E-state index is 0.735. The molecule has 0 fully saturated rings. The lowest BCUT2D eigenvalue weighted by molar-refractivity contribution is -0.145. The predicted molar refractivity (Wildman–Crippen MR) is 30.7 cm³/mol. The number of esters is 1. The van der Waals surface area contributed by atoms with Crippen LogP contribution in [0.1, 0.15) is 0 Å². The molecule has 0 aromatic rings. The number of carbonyl (C=O) groups excluding carboxylic acids is 1. The largest absolute Gasteiger partial charge is 0.467 e. The number of carbonyl (C=O) groups is 1. The predicted octanol–water partition coefficient (Wildman–Crippen LogP) is 1.08. The Morgan fingerprint density at radius 1 is 1.50 bits per heavy atom. The molecular weight excluding hydrogens is 182 g/mol. The van der Waals surface area contributed by atoms with Gasteiger partial charge >= 0.3 is 12.1 Å². The minimum Gasteiger partial charge on any atom is -0.467 e. The monoisotopic (exact) mass is 187 g/mol. The zero-order valence-corrected chi connectivity index (χ0v) is 5.91. The molecule has 0 aliphatic carbocycles. The van der Waals surface area contributed by atoms with Gasteiger partial charge in [-0.15, -0.1) is 0 Å². The molecule has 0 aromatic heterocycles. The highest BCUT2D eigenvalue weighted by Gasteiger charge is 2.43. The highest BCUT2D eigenvalue weighted by atomic mass is 19.4. The number of halogens is 4. The molecule has 0 bridgehead atoms. The molecule has 0 aliphatic heterocycles. The highest BCUT2D eigenvalue weighted by molar-refractivity contribution is 6.06. The molecular formula is C5H5F4NO2. The number of hydrogen-bond acceptors (Lipinski definition) is 3. The van der Waals surface area contributed by atoms with Crippen LogP contribution in [0.15, 0.2) is 0 Å². The fraction of sp³-hybridized carbons (Fsp3) is 0.600. The minimum atomic E-state index is -5.13. The van der Waals surface area contributed by atoms with Crippen molar-refractivity contribution < 1.29 is 27.1 Å². The Kier molecular flexibility index (Phi) is 3.17. The van der Waals surface area contributed by atoms with Gasteiger partial charge in [-0.3, -0.25) is 5.41 Å². The van der Waals surface area contributed by atoms with E-state index in [1.165, 1.54) is 0 Å². The second kappa shape index (κ2) is 3.51. The second-order valence-electron chi connectivity index (χ2n) is 1.80. The first-order chi connectivity index (χ1) is 5.30. The molecule has 0 aliphatic rings. The molecule has 0 spiro atoms. The van der Waals surface area contributed by atoms with Gasteiger partial charge in [0.25, 0.3) is 0 Å². The first-order valence-electron chi connectivity index (χ1n) is 2.68. The summed E-state index contributed by atoms with van der Waals surface area (Å²) in [4.78, 5) is 10.2. The van der Waals surface area contributed by atoms with Gasteiger partial charge in [0.1, 0.15) is 0 Å². The molecule has 1 atom stereocenters. The number of methoxy groups -OCH3 is 1. The molecule has 0 rings (SSSR count). The first kappa shape index (κ1) is 10.9. The van der Waals surface area contributed by atoms with Crippen molar-refractivity contribution >= 4 is 11.7 Å². The van der Waals surface area contributed by atoms with E-state index >= 15 is 0 Å². The van der Waals surface area contributed by atoms with Crippen LogP contribution in [-0.4, -0.2) is 31.1 Å². The van der Waals surface area contributed by atoms with Crippen molar-refractivity contribution in [2.24, 2.45) is 0 Å². The molecule has 70 valence electrons. The number of alkyl halides is 4. The zero-order chi connectivity index (χ0) is 9.94. The SMILES string of the molecule is COC(=O)C(F)C(=N)C(F)(F)F. The summed E-state index contributed by atoms with van der Waals surface area (Å²) < 4.78 is 50.5. The molecule has 0 saturated heterocycles. The summed E-state index contributed by atoms with van der Waals surface area (Å²) in [5.41, 5.74) is -2.26. The van der Waals surface area contributed by atoms with Crippen molar-refractivity contribution in [1.29, 1.82) is 5.41 Å². The van der Waals surface area contributed by atoms with E-state index in [2.05, 4.69) is 4.74 Å². The van der Waals surface area contributed by atoms with E-state index in [4.69, 9.17) is 5.41 Å². The molecule has 7 heteroatoms. The molecule has 3 nitrogen and oxygen atoms in total. The van der Waals surface area contributed by atoms with Crippen LogP contribution >= 0.6 is 0 Å². The Morgan fingerprint density at radius 3 is 2.17 bits per heavy atom. The summed E-state index contributed by atoms with van der Waals surface area (Å²) in [7, 11) is 0.735. The van der Waals surface area contributed by atoms with Gasteiger partial charge in [0, 0.05) is 0 Å². The van der Waals surface area contributed by atoms with Crippen LogP contribution in [0, 0.1) is 5.41 Å². The number of rotatable bonds is 2. The van der Waals surface area contributed by atoms with Gasteiger partial charge < -0.3 is 4.74 Å². The normalized spacial score (nSPS) is 13.8. The standard InChI is InChI=1S/C5H5F4NO2/c1-12-4(11)2(6)3(10)5(7,8)9/h2,10H,1H3. The Labute approximate surface area is 64.8 Å². The third kappa shape index (κ3) is 2.48. The van der Waals surface area contributed by atoms with Crippen LogP contribution in [0.5, 0.6) is 0 Å². The van der Waals surface area contributed by atoms with E-state index in [0.29, 0.717) is 0 Å². The zero-order valence-electron chi connectivity index (χ0n) is 5.91. The maximum Gasteiger partial charge on any atom is 0.432 e. The van der Waals surface area contributed by atoms with Crippen LogP contribution in [0.2, 0.25) is 0 Å². The van der Waals surface area contributed by atoms with Crippen molar-refractivity contribution in [3.8, 4) is 0 Å².